The molecule has 0 aliphatic carbocycles. The summed E-state index contributed by atoms with van der Waals surface area (Å²) in [6.45, 7) is 3.13. The molecule has 0 bridgehead atoms. The molecule has 0 N–H and O–H groups in total. The number of hydrogen-bond donors (Lipinski definition) is 0. The van der Waals surface area contributed by atoms with E-state index in [1.54, 1.807) is 17.0 Å². The maximum Gasteiger partial charge on any atom is 0.266 e. The molecule has 0 radical (unpaired) electrons. The van der Waals surface area contributed by atoms with Crippen molar-refractivity contribution in [3.05, 3.63) is 110 Å². The Hall–Kier alpha value is -3.06. The standard InChI is InChI=1S/C30H24BrClN2O2S/c1-2-15-34-29(35)28(37-30(34)33-25-12-10-24(32)11-13-25)18-20-8-14-27(26(31)17-20)36-19-21-7-9-22-5-3-4-6-23(22)16-21/h3-14,16-18H,2,15,19H2,1H3/b28-18-,33-30?. The fraction of sp³-hybridized carbons (Fsp3) is 0.133. The van der Waals surface area contributed by atoms with E-state index in [0.29, 0.717) is 28.2 Å². The zero-order valence-corrected chi connectivity index (χ0v) is 23.3. The van der Waals surface area contributed by atoms with Crippen molar-refractivity contribution < 1.29 is 9.53 Å². The van der Waals surface area contributed by atoms with Crippen molar-refractivity contribution in [3.8, 4) is 5.75 Å². The van der Waals surface area contributed by atoms with Gasteiger partial charge in [0.15, 0.2) is 5.17 Å². The van der Waals surface area contributed by atoms with Crippen molar-refractivity contribution in [3.63, 3.8) is 0 Å². The summed E-state index contributed by atoms with van der Waals surface area (Å²) in [4.78, 5) is 20.2. The molecular weight excluding hydrogens is 568 g/mol. The minimum absolute atomic E-state index is 0.0349. The lowest BCUT2D eigenvalue weighted by Crippen LogP contribution is -2.29. The van der Waals surface area contributed by atoms with Gasteiger partial charge in [-0.2, -0.15) is 0 Å². The summed E-state index contributed by atoms with van der Waals surface area (Å²) in [6, 6.07) is 27.8. The van der Waals surface area contributed by atoms with Gasteiger partial charge in [-0.15, -0.1) is 0 Å². The van der Waals surface area contributed by atoms with Gasteiger partial charge in [0.1, 0.15) is 12.4 Å². The number of carbonyl (C=O) groups excluding carboxylic acids is 1. The lowest BCUT2D eigenvalue weighted by Gasteiger charge is -2.13. The van der Waals surface area contributed by atoms with Crippen LogP contribution in [0.5, 0.6) is 5.75 Å². The van der Waals surface area contributed by atoms with E-state index in [4.69, 9.17) is 21.3 Å². The molecule has 37 heavy (non-hydrogen) atoms. The summed E-state index contributed by atoms with van der Waals surface area (Å²) < 4.78 is 6.91. The highest BCUT2D eigenvalue weighted by Gasteiger charge is 2.32. The first-order valence-electron chi connectivity index (χ1n) is 12.0. The first kappa shape index (κ1) is 25.6. The average Bonchev–Trinajstić information content (AvgIpc) is 3.18. The second-order valence-electron chi connectivity index (χ2n) is 8.60. The molecule has 4 aromatic rings. The number of fused-ring (bicyclic) bond motifs is 1. The Balaban J connectivity index is 1.32. The van der Waals surface area contributed by atoms with Crippen LogP contribution < -0.4 is 4.74 Å². The van der Waals surface area contributed by atoms with Crippen LogP contribution in [0.25, 0.3) is 16.8 Å². The van der Waals surface area contributed by atoms with E-state index >= 15 is 0 Å². The molecule has 5 rings (SSSR count). The smallest absolute Gasteiger partial charge is 0.266 e. The van der Waals surface area contributed by atoms with Gasteiger partial charge in [0, 0.05) is 11.6 Å². The minimum Gasteiger partial charge on any atom is -0.488 e. The first-order chi connectivity index (χ1) is 18.0. The molecule has 7 heteroatoms. The summed E-state index contributed by atoms with van der Waals surface area (Å²) >= 11 is 11.0. The van der Waals surface area contributed by atoms with Gasteiger partial charge in [0.2, 0.25) is 0 Å². The van der Waals surface area contributed by atoms with Crippen LogP contribution in [0.1, 0.15) is 24.5 Å². The Kier molecular flexibility index (Phi) is 7.99. The van der Waals surface area contributed by atoms with Crippen LogP contribution in [-0.4, -0.2) is 22.5 Å². The number of thioether (sulfide) groups is 1. The van der Waals surface area contributed by atoms with Crippen LogP contribution in [-0.2, 0) is 11.4 Å². The van der Waals surface area contributed by atoms with E-state index in [0.717, 1.165) is 33.5 Å². The summed E-state index contributed by atoms with van der Waals surface area (Å²) in [7, 11) is 0. The van der Waals surface area contributed by atoms with Crippen molar-refractivity contribution in [2.24, 2.45) is 4.99 Å². The summed E-state index contributed by atoms with van der Waals surface area (Å²) in [6.07, 6.45) is 2.74. The predicted octanol–water partition coefficient (Wildman–Crippen LogP) is 8.85. The predicted molar refractivity (Wildman–Crippen MR) is 159 cm³/mol. The molecular formula is C30H24BrClN2O2S. The van der Waals surface area contributed by atoms with Gasteiger partial charge in [-0.3, -0.25) is 9.69 Å². The highest BCUT2D eigenvalue weighted by Crippen LogP contribution is 2.36. The number of benzene rings is 4. The molecule has 1 saturated heterocycles. The normalized spacial score (nSPS) is 15.8. The molecule has 4 nitrogen and oxygen atoms in total. The molecule has 1 aliphatic heterocycles. The summed E-state index contributed by atoms with van der Waals surface area (Å²) in [5.41, 5.74) is 2.77. The topological polar surface area (TPSA) is 41.9 Å². The van der Waals surface area contributed by atoms with E-state index in [9.17, 15) is 4.79 Å². The monoisotopic (exact) mass is 590 g/mol. The quantitative estimate of drug-likeness (QED) is 0.202. The van der Waals surface area contributed by atoms with Gasteiger partial charge in [-0.25, -0.2) is 4.99 Å². The van der Waals surface area contributed by atoms with Crippen LogP contribution in [0.4, 0.5) is 5.69 Å². The molecule has 0 saturated carbocycles. The first-order valence-corrected chi connectivity index (χ1v) is 13.9. The van der Waals surface area contributed by atoms with Crippen molar-refractivity contribution in [1.82, 2.24) is 4.90 Å². The lowest BCUT2D eigenvalue weighted by molar-refractivity contribution is -0.122. The zero-order chi connectivity index (χ0) is 25.8. The second kappa shape index (κ2) is 11.5. The molecule has 186 valence electrons. The summed E-state index contributed by atoms with van der Waals surface area (Å²) in [5, 5.41) is 3.73. The zero-order valence-electron chi connectivity index (χ0n) is 20.2. The number of nitrogens with zero attached hydrogens (tertiary/aromatic N) is 2. The maximum absolute atomic E-state index is 13.2. The minimum atomic E-state index is -0.0349. The van der Waals surface area contributed by atoms with Gasteiger partial charge in [-0.05, 0) is 105 Å². The third kappa shape index (κ3) is 6.09. The number of halogens is 2. The number of amides is 1. The summed E-state index contributed by atoms with van der Waals surface area (Å²) in [5.74, 6) is 0.714. The van der Waals surface area contributed by atoms with E-state index < -0.39 is 0 Å². The van der Waals surface area contributed by atoms with Gasteiger partial charge < -0.3 is 4.74 Å². The molecule has 0 aromatic heterocycles. The van der Waals surface area contributed by atoms with Crippen molar-refractivity contribution in [2.45, 2.75) is 20.0 Å². The largest absolute Gasteiger partial charge is 0.488 e. The molecule has 0 atom stereocenters. The molecule has 1 aliphatic rings. The average molecular weight is 592 g/mol. The maximum atomic E-state index is 13.2. The molecule has 1 heterocycles. The van der Waals surface area contributed by atoms with Gasteiger partial charge in [-0.1, -0.05) is 61.0 Å². The Morgan fingerprint density at radius 1 is 1.00 bits per heavy atom. The molecule has 0 unspecified atom stereocenters. The third-order valence-electron chi connectivity index (χ3n) is 5.85. The molecule has 1 amide bonds. The lowest BCUT2D eigenvalue weighted by atomic mass is 10.1. The SMILES string of the molecule is CCCN1C(=O)/C(=C/c2ccc(OCc3ccc4ccccc4c3)c(Br)c2)SC1=Nc1ccc(Cl)cc1. The fourth-order valence-electron chi connectivity index (χ4n) is 4.00. The van der Waals surface area contributed by atoms with Crippen molar-refractivity contribution in [2.75, 3.05) is 6.54 Å². The Morgan fingerprint density at radius 3 is 2.54 bits per heavy atom. The number of aliphatic imine (C=N–C) groups is 1. The van der Waals surface area contributed by atoms with Crippen LogP contribution in [0, 0.1) is 0 Å². The molecule has 0 spiro atoms. The number of hydrogen-bond acceptors (Lipinski definition) is 4. The van der Waals surface area contributed by atoms with E-state index in [2.05, 4.69) is 46.3 Å². The van der Waals surface area contributed by atoms with E-state index in [1.165, 1.54) is 22.5 Å². The molecule has 4 aromatic carbocycles. The van der Waals surface area contributed by atoms with Crippen LogP contribution >= 0.6 is 39.3 Å². The van der Waals surface area contributed by atoms with E-state index in [1.807, 2.05) is 55.5 Å². The highest BCUT2D eigenvalue weighted by atomic mass is 79.9. The Labute approximate surface area is 234 Å². The fourth-order valence-corrected chi connectivity index (χ4v) is 5.66. The van der Waals surface area contributed by atoms with Gasteiger partial charge >= 0.3 is 0 Å². The number of rotatable bonds is 7. The highest BCUT2D eigenvalue weighted by molar-refractivity contribution is 9.10. The van der Waals surface area contributed by atoms with Crippen LogP contribution in [0.3, 0.4) is 0 Å². The Bertz CT molecular complexity index is 1520. The number of carbonyl (C=O) groups is 1. The van der Waals surface area contributed by atoms with Crippen molar-refractivity contribution >= 4 is 72.9 Å². The number of amidine groups is 1. The van der Waals surface area contributed by atoms with E-state index in [-0.39, 0.29) is 5.91 Å². The van der Waals surface area contributed by atoms with Gasteiger partial charge in [0.05, 0.1) is 15.1 Å². The van der Waals surface area contributed by atoms with Crippen LogP contribution in [0.2, 0.25) is 5.02 Å². The third-order valence-corrected chi connectivity index (χ3v) is 7.73. The number of ether oxygens (including phenoxy) is 1. The van der Waals surface area contributed by atoms with Crippen LogP contribution in [0.15, 0.2) is 99.3 Å². The van der Waals surface area contributed by atoms with Crippen molar-refractivity contribution in [1.29, 1.82) is 0 Å². The molecule has 1 fully saturated rings. The van der Waals surface area contributed by atoms with Gasteiger partial charge in [0.25, 0.3) is 5.91 Å². The Morgan fingerprint density at radius 2 is 1.78 bits per heavy atom. The second-order valence-corrected chi connectivity index (χ2v) is 10.9.